The average molecular weight is 350 g/mol. The van der Waals surface area contributed by atoms with Crippen LogP contribution in [0.15, 0.2) is 47.4 Å². The zero-order valence-corrected chi connectivity index (χ0v) is 14.3. The SMILES string of the molecule is COc1ccc(OC)c(NC(=O)NS(=O)(=O)c2ccc(C)cc2)c1. The molecular weight excluding hydrogens is 332 g/mol. The summed E-state index contributed by atoms with van der Waals surface area (Å²) in [6.07, 6.45) is 0. The maximum atomic E-state index is 12.2. The van der Waals surface area contributed by atoms with Crippen molar-refractivity contribution in [1.82, 2.24) is 4.72 Å². The van der Waals surface area contributed by atoms with Gasteiger partial charge >= 0.3 is 6.03 Å². The molecule has 2 amide bonds. The number of carbonyl (C=O) groups is 1. The second-order valence-corrected chi connectivity index (χ2v) is 6.62. The van der Waals surface area contributed by atoms with E-state index in [1.54, 1.807) is 24.3 Å². The lowest BCUT2D eigenvalue weighted by atomic mass is 10.2. The molecule has 7 nitrogen and oxygen atoms in total. The first-order valence-electron chi connectivity index (χ1n) is 6.98. The first-order chi connectivity index (χ1) is 11.4. The lowest BCUT2D eigenvalue weighted by Gasteiger charge is -2.12. The summed E-state index contributed by atoms with van der Waals surface area (Å²) >= 11 is 0. The van der Waals surface area contributed by atoms with Crippen LogP contribution in [-0.2, 0) is 10.0 Å². The Morgan fingerprint density at radius 3 is 2.25 bits per heavy atom. The van der Waals surface area contributed by atoms with Gasteiger partial charge in [0.15, 0.2) is 0 Å². The number of hydrogen-bond donors (Lipinski definition) is 2. The number of rotatable bonds is 5. The summed E-state index contributed by atoms with van der Waals surface area (Å²) in [4.78, 5) is 12.0. The van der Waals surface area contributed by atoms with E-state index in [-0.39, 0.29) is 10.6 Å². The van der Waals surface area contributed by atoms with Crippen LogP contribution >= 0.6 is 0 Å². The summed E-state index contributed by atoms with van der Waals surface area (Å²) in [6, 6.07) is 10.0. The molecule has 2 aromatic rings. The highest BCUT2D eigenvalue weighted by Crippen LogP contribution is 2.28. The molecule has 0 aromatic heterocycles. The zero-order valence-electron chi connectivity index (χ0n) is 13.5. The smallest absolute Gasteiger partial charge is 0.333 e. The van der Waals surface area contributed by atoms with Crippen molar-refractivity contribution in [3.05, 3.63) is 48.0 Å². The third-order valence-electron chi connectivity index (χ3n) is 3.21. The van der Waals surface area contributed by atoms with Crippen LogP contribution in [0.1, 0.15) is 5.56 Å². The lowest BCUT2D eigenvalue weighted by Crippen LogP contribution is -2.34. The van der Waals surface area contributed by atoms with Crippen molar-refractivity contribution >= 4 is 21.7 Å². The molecule has 0 fully saturated rings. The summed E-state index contributed by atoms with van der Waals surface area (Å²) < 4.78 is 36.5. The number of hydrogen-bond acceptors (Lipinski definition) is 5. The molecule has 0 heterocycles. The van der Waals surface area contributed by atoms with Gasteiger partial charge in [-0.15, -0.1) is 0 Å². The number of benzene rings is 2. The highest BCUT2D eigenvalue weighted by atomic mass is 32.2. The van der Waals surface area contributed by atoms with Crippen molar-refractivity contribution in [2.24, 2.45) is 0 Å². The van der Waals surface area contributed by atoms with Gasteiger partial charge in [-0.1, -0.05) is 17.7 Å². The van der Waals surface area contributed by atoms with E-state index in [9.17, 15) is 13.2 Å². The molecule has 0 radical (unpaired) electrons. The fraction of sp³-hybridized carbons (Fsp3) is 0.188. The summed E-state index contributed by atoms with van der Waals surface area (Å²) in [5.74, 6) is 0.867. The van der Waals surface area contributed by atoms with Gasteiger partial charge in [0, 0.05) is 6.07 Å². The molecule has 0 bridgehead atoms. The zero-order chi connectivity index (χ0) is 17.7. The number of anilines is 1. The van der Waals surface area contributed by atoms with Crippen LogP contribution in [0.4, 0.5) is 10.5 Å². The van der Waals surface area contributed by atoms with E-state index in [2.05, 4.69) is 5.32 Å². The Balaban J connectivity index is 2.17. The number of urea groups is 1. The van der Waals surface area contributed by atoms with Crippen molar-refractivity contribution in [1.29, 1.82) is 0 Å². The number of sulfonamides is 1. The van der Waals surface area contributed by atoms with Crippen molar-refractivity contribution in [2.75, 3.05) is 19.5 Å². The first kappa shape index (κ1) is 17.6. The van der Waals surface area contributed by atoms with Gasteiger partial charge in [-0.3, -0.25) is 0 Å². The molecule has 0 saturated carbocycles. The number of carbonyl (C=O) groups excluding carboxylic acids is 1. The second kappa shape index (κ2) is 7.22. The van der Waals surface area contributed by atoms with Crippen LogP contribution in [0, 0.1) is 6.92 Å². The summed E-state index contributed by atoms with van der Waals surface area (Å²) in [7, 11) is -1.05. The Morgan fingerprint density at radius 2 is 1.67 bits per heavy atom. The van der Waals surface area contributed by atoms with Gasteiger partial charge in [0.05, 0.1) is 24.8 Å². The van der Waals surface area contributed by atoms with Crippen LogP contribution < -0.4 is 19.5 Å². The molecule has 0 spiro atoms. The first-order valence-corrected chi connectivity index (χ1v) is 8.46. The van der Waals surface area contributed by atoms with Crippen LogP contribution in [0.3, 0.4) is 0 Å². The van der Waals surface area contributed by atoms with Gasteiger partial charge in [-0.25, -0.2) is 17.9 Å². The Hall–Kier alpha value is -2.74. The molecule has 0 aliphatic heterocycles. The number of aryl methyl sites for hydroxylation is 1. The van der Waals surface area contributed by atoms with Gasteiger partial charge in [0.2, 0.25) is 0 Å². The predicted molar refractivity (Wildman–Crippen MR) is 90.1 cm³/mol. The van der Waals surface area contributed by atoms with Gasteiger partial charge < -0.3 is 14.8 Å². The van der Waals surface area contributed by atoms with Gasteiger partial charge in [-0.2, -0.15) is 0 Å². The van der Waals surface area contributed by atoms with Crippen molar-refractivity contribution in [2.45, 2.75) is 11.8 Å². The lowest BCUT2D eigenvalue weighted by molar-refractivity contribution is 0.256. The monoisotopic (exact) mass is 350 g/mol. The highest BCUT2D eigenvalue weighted by molar-refractivity contribution is 7.90. The molecule has 0 atom stereocenters. The Labute approximate surface area is 140 Å². The van der Waals surface area contributed by atoms with Crippen molar-refractivity contribution < 1.29 is 22.7 Å². The molecule has 0 saturated heterocycles. The largest absolute Gasteiger partial charge is 0.497 e. The topological polar surface area (TPSA) is 93.7 Å². The fourth-order valence-corrected chi connectivity index (χ4v) is 2.87. The second-order valence-electron chi connectivity index (χ2n) is 4.94. The fourth-order valence-electron chi connectivity index (χ4n) is 1.96. The number of nitrogens with one attached hydrogen (secondary N) is 2. The maximum absolute atomic E-state index is 12.2. The average Bonchev–Trinajstić information content (AvgIpc) is 2.54. The summed E-state index contributed by atoms with van der Waals surface area (Å²) in [5.41, 5.74) is 1.20. The van der Waals surface area contributed by atoms with Crippen LogP contribution in [-0.4, -0.2) is 28.7 Å². The number of amides is 2. The third-order valence-corrected chi connectivity index (χ3v) is 4.56. The number of methoxy groups -OCH3 is 2. The van der Waals surface area contributed by atoms with Gasteiger partial charge in [0.25, 0.3) is 10.0 Å². The van der Waals surface area contributed by atoms with E-state index in [0.29, 0.717) is 11.5 Å². The molecule has 0 aliphatic carbocycles. The Bertz CT molecular complexity index is 832. The minimum Gasteiger partial charge on any atom is -0.497 e. The molecule has 8 heteroatoms. The molecule has 2 N–H and O–H groups in total. The molecular formula is C16H18N2O5S. The highest BCUT2D eigenvalue weighted by Gasteiger charge is 2.18. The van der Waals surface area contributed by atoms with Crippen molar-refractivity contribution in [3.63, 3.8) is 0 Å². The van der Waals surface area contributed by atoms with Crippen LogP contribution in [0.25, 0.3) is 0 Å². The van der Waals surface area contributed by atoms with Crippen LogP contribution in [0.5, 0.6) is 11.5 Å². The van der Waals surface area contributed by atoms with E-state index >= 15 is 0 Å². The minimum absolute atomic E-state index is 0.000794. The Kier molecular flexibility index (Phi) is 5.30. The standard InChI is InChI=1S/C16H18N2O5S/c1-11-4-7-13(8-5-11)24(20,21)18-16(19)17-14-10-12(22-2)6-9-15(14)23-3/h4-10H,1-3H3,(H2,17,18,19). The van der Waals surface area contributed by atoms with E-state index in [1.807, 2.05) is 11.6 Å². The van der Waals surface area contributed by atoms with Gasteiger partial charge in [0.1, 0.15) is 11.5 Å². The minimum atomic E-state index is -3.97. The summed E-state index contributed by atoms with van der Waals surface area (Å²) in [6.45, 7) is 1.84. The van der Waals surface area contributed by atoms with E-state index in [0.717, 1.165) is 5.56 Å². The normalized spacial score (nSPS) is 10.8. The number of ether oxygens (including phenoxy) is 2. The molecule has 24 heavy (non-hydrogen) atoms. The van der Waals surface area contributed by atoms with E-state index in [1.165, 1.54) is 32.4 Å². The predicted octanol–water partition coefficient (Wildman–Crippen LogP) is 2.52. The van der Waals surface area contributed by atoms with Crippen molar-refractivity contribution in [3.8, 4) is 11.5 Å². The Morgan fingerprint density at radius 1 is 1.00 bits per heavy atom. The third kappa shape index (κ3) is 4.17. The van der Waals surface area contributed by atoms with Gasteiger partial charge in [-0.05, 0) is 31.2 Å². The molecule has 2 rings (SSSR count). The molecule has 0 unspecified atom stereocenters. The molecule has 0 aliphatic rings. The summed E-state index contributed by atoms with van der Waals surface area (Å²) in [5, 5.41) is 2.44. The molecule has 2 aromatic carbocycles. The van der Waals surface area contributed by atoms with Crippen LogP contribution in [0.2, 0.25) is 0 Å². The van der Waals surface area contributed by atoms with E-state index < -0.39 is 16.1 Å². The molecule has 128 valence electrons. The maximum Gasteiger partial charge on any atom is 0.333 e. The quantitative estimate of drug-likeness (QED) is 0.864. The van der Waals surface area contributed by atoms with E-state index in [4.69, 9.17) is 9.47 Å².